The molecular formula is C19H27N3O3S. The Morgan fingerprint density at radius 2 is 2.08 bits per heavy atom. The van der Waals surface area contributed by atoms with E-state index in [9.17, 15) is 13.2 Å². The van der Waals surface area contributed by atoms with Crippen LogP contribution in [0, 0.1) is 5.92 Å². The van der Waals surface area contributed by atoms with Crippen LogP contribution in [0.5, 0.6) is 0 Å². The average molecular weight is 378 g/mol. The Hall–Kier alpha value is -1.86. The molecule has 142 valence electrons. The molecule has 1 aromatic carbocycles. The summed E-state index contributed by atoms with van der Waals surface area (Å²) in [7, 11) is -3.60. The van der Waals surface area contributed by atoms with Crippen molar-refractivity contribution in [2.45, 2.75) is 51.1 Å². The molecule has 6 nitrogen and oxygen atoms in total. The number of aryl methyl sites for hydroxylation is 1. The summed E-state index contributed by atoms with van der Waals surface area (Å²) < 4.78 is 29.7. The number of hydrogen-bond donors (Lipinski definition) is 1. The molecule has 26 heavy (non-hydrogen) atoms. The van der Waals surface area contributed by atoms with Gasteiger partial charge in [-0.1, -0.05) is 0 Å². The summed E-state index contributed by atoms with van der Waals surface area (Å²) in [4.78, 5) is 12.6. The lowest BCUT2D eigenvalue weighted by molar-refractivity contribution is -0.126. The smallest absolute Gasteiger partial charge is 0.243 e. The molecule has 0 saturated carbocycles. The second-order valence-electron chi connectivity index (χ2n) is 7.19. The Labute approximate surface area is 155 Å². The molecule has 0 radical (unpaired) electrons. The minimum Gasteiger partial charge on any atom is -0.354 e. The maximum atomic E-state index is 13.1. The highest BCUT2D eigenvalue weighted by molar-refractivity contribution is 7.89. The van der Waals surface area contributed by atoms with Gasteiger partial charge in [0.25, 0.3) is 0 Å². The monoisotopic (exact) mass is 377 g/mol. The van der Waals surface area contributed by atoms with Crippen molar-refractivity contribution in [1.82, 2.24) is 14.2 Å². The van der Waals surface area contributed by atoms with Gasteiger partial charge in [-0.15, -0.1) is 0 Å². The van der Waals surface area contributed by atoms with Crippen molar-refractivity contribution in [3.05, 3.63) is 30.5 Å². The van der Waals surface area contributed by atoms with Crippen molar-refractivity contribution in [2.75, 3.05) is 13.1 Å². The number of amides is 1. The molecule has 1 aromatic heterocycles. The molecule has 1 atom stereocenters. The van der Waals surface area contributed by atoms with Crippen molar-refractivity contribution < 1.29 is 13.2 Å². The standard InChI is InChI=1S/C19H27N3O3S/c1-4-21-11-9-15-12-17(7-8-18(15)21)26(24,25)22-10-5-6-16(13-22)19(23)20-14(2)3/h7-9,11-12,14,16H,4-6,10,13H2,1-3H3,(H,20,23)/t16-/m0/s1. The zero-order valence-corrected chi connectivity index (χ0v) is 16.4. The van der Waals surface area contributed by atoms with Gasteiger partial charge < -0.3 is 9.88 Å². The van der Waals surface area contributed by atoms with E-state index in [2.05, 4.69) is 16.8 Å². The predicted molar refractivity (Wildman–Crippen MR) is 102 cm³/mol. The van der Waals surface area contributed by atoms with Gasteiger partial charge >= 0.3 is 0 Å². The van der Waals surface area contributed by atoms with Crippen molar-refractivity contribution in [1.29, 1.82) is 0 Å². The van der Waals surface area contributed by atoms with Gasteiger partial charge in [-0.05, 0) is 57.9 Å². The number of nitrogens with one attached hydrogen (secondary N) is 1. The summed E-state index contributed by atoms with van der Waals surface area (Å²) in [6, 6.07) is 7.25. The Bertz CT molecular complexity index is 902. The largest absolute Gasteiger partial charge is 0.354 e. The zero-order valence-electron chi connectivity index (χ0n) is 15.6. The summed E-state index contributed by atoms with van der Waals surface area (Å²) in [6.45, 7) is 7.42. The quantitative estimate of drug-likeness (QED) is 0.871. The van der Waals surface area contributed by atoms with Gasteiger partial charge in [0, 0.05) is 42.8 Å². The predicted octanol–water partition coefficient (Wildman–Crippen LogP) is 2.59. The summed E-state index contributed by atoms with van der Waals surface area (Å²) in [5.41, 5.74) is 1.03. The first kappa shape index (κ1) is 18.9. The molecular weight excluding hydrogens is 350 g/mol. The summed E-state index contributed by atoms with van der Waals surface area (Å²) in [6.07, 6.45) is 3.39. The van der Waals surface area contributed by atoms with Crippen LogP contribution >= 0.6 is 0 Å². The van der Waals surface area contributed by atoms with Crippen molar-refractivity contribution in [2.24, 2.45) is 5.92 Å². The first-order valence-electron chi connectivity index (χ1n) is 9.22. The van der Waals surface area contributed by atoms with Crippen LogP contribution in [-0.2, 0) is 21.4 Å². The molecule has 0 unspecified atom stereocenters. The van der Waals surface area contributed by atoms with E-state index >= 15 is 0 Å². The summed E-state index contributed by atoms with van der Waals surface area (Å²) in [5, 5.41) is 3.81. The lowest BCUT2D eigenvalue weighted by atomic mass is 9.98. The van der Waals surface area contributed by atoms with Gasteiger partial charge in [0.1, 0.15) is 0 Å². The topological polar surface area (TPSA) is 71.4 Å². The van der Waals surface area contributed by atoms with E-state index in [4.69, 9.17) is 0 Å². The van der Waals surface area contributed by atoms with Crippen LogP contribution in [0.4, 0.5) is 0 Å². The molecule has 1 fully saturated rings. The molecule has 7 heteroatoms. The van der Waals surface area contributed by atoms with Crippen molar-refractivity contribution >= 4 is 26.8 Å². The van der Waals surface area contributed by atoms with E-state index in [0.29, 0.717) is 17.9 Å². The third kappa shape index (κ3) is 3.64. The normalized spacial score (nSPS) is 19.2. The second-order valence-corrected chi connectivity index (χ2v) is 9.13. The van der Waals surface area contributed by atoms with E-state index in [1.54, 1.807) is 12.1 Å². The number of benzene rings is 1. The number of rotatable bonds is 5. The van der Waals surface area contributed by atoms with Crippen LogP contribution in [-0.4, -0.2) is 42.3 Å². The van der Waals surface area contributed by atoms with Crippen LogP contribution in [0.3, 0.4) is 0 Å². The highest BCUT2D eigenvalue weighted by Gasteiger charge is 2.33. The molecule has 1 N–H and O–H groups in total. The molecule has 1 aliphatic heterocycles. The zero-order chi connectivity index (χ0) is 18.9. The average Bonchev–Trinajstić information content (AvgIpc) is 3.03. The van der Waals surface area contributed by atoms with E-state index in [1.165, 1.54) is 4.31 Å². The summed E-state index contributed by atoms with van der Waals surface area (Å²) in [5.74, 6) is -0.346. The molecule has 0 spiro atoms. The first-order chi connectivity index (χ1) is 12.3. The molecule has 2 aromatic rings. The number of aromatic nitrogens is 1. The van der Waals surface area contributed by atoms with E-state index < -0.39 is 10.0 Å². The molecule has 0 bridgehead atoms. The number of fused-ring (bicyclic) bond motifs is 1. The maximum Gasteiger partial charge on any atom is 0.243 e. The number of hydrogen-bond acceptors (Lipinski definition) is 3. The van der Waals surface area contributed by atoms with Crippen LogP contribution in [0.1, 0.15) is 33.6 Å². The van der Waals surface area contributed by atoms with Gasteiger partial charge in [0.05, 0.1) is 10.8 Å². The van der Waals surface area contributed by atoms with Gasteiger partial charge in [-0.25, -0.2) is 8.42 Å². The Morgan fingerprint density at radius 1 is 1.31 bits per heavy atom. The van der Waals surface area contributed by atoms with E-state index in [1.807, 2.05) is 32.2 Å². The van der Waals surface area contributed by atoms with Crippen molar-refractivity contribution in [3.63, 3.8) is 0 Å². The number of sulfonamides is 1. The lowest BCUT2D eigenvalue weighted by Gasteiger charge is -2.31. The number of carbonyl (C=O) groups is 1. The minimum absolute atomic E-state index is 0.0551. The van der Waals surface area contributed by atoms with Gasteiger partial charge in [-0.3, -0.25) is 4.79 Å². The Kier molecular flexibility index (Phi) is 5.39. The highest BCUT2D eigenvalue weighted by atomic mass is 32.2. The third-order valence-electron chi connectivity index (χ3n) is 4.91. The lowest BCUT2D eigenvalue weighted by Crippen LogP contribution is -2.46. The SMILES string of the molecule is CCn1ccc2cc(S(=O)(=O)N3CCC[C@H](C(=O)NC(C)C)C3)ccc21. The van der Waals surface area contributed by atoms with E-state index in [0.717, 1.165) is 23.9 Å². The highest BCUT2D eigenvalue weighted by Crippen LogP contribution is 2.27. The molecule has 3 rings (SSSR count). The Balaban J connectivity index is 1.84. The second kappa shape index (κ2) is 7.40. The fourth-order valence-electron chi connectivity index (χ4n) is 3.54. The van der Waals surface area contributed by atoms with Crippen LogP contribution in [0.15, 0.2) is 35.4 Å². The maximum absolute atomic E-state index is 13.1. The number of nitrogens with zero attached hydrogens (tertiary/aromatic N) is 2. The molecule has 1 amide bonds. The fourth-order valence-corrected chi connectivity index (χ4v) is 5.10. The Morgan fingerprint density at radius 3 is 2.77 bits per heavy atom. The molecule has 1 saturated heterocycles. The van der Waals surface area contributed by atoms with Gasteiger partial charge in [0.2, 0.25) is 15.9 Å². The molecule has 2 heterocycles. The first-order valence-corrected chi connectivity index (χ1v) is 10.7. The van der Waals surface area contributed by atoms with Gasteiger partial charge in [0.15, 0.2) is 0 Å². The third-order valence-corrected chi connectivity index (χ3v) is 6.77. The molecule has 1 aliphatic rings. The number of piperidine rings is 1. The van der Waals surface area contributed by atoms with Gasteiger partial charge in [-0.2, -0.15) is 4.31 Å². The van der Waals surface area contributed by atoms with Crippen LogP contribution in [0.25, 0.3) is 10.9 Å². The van der Waals surface area contributed by atoms with Crippen molar-refractivity contribution in [3.8, 4) is 0 Å². The van der Waals surface area contributed by atoms with Crippen LogP contribution in [0.2, 0.25) is 0 Å². The fraction of sp³-hybridized carbons (Fsp3) is 0.526. The minimum atomic E-state index is -3.60. The molecule has 0 aliphatic carbocycles. The van der Waals surface area contributed by atoms with E-state index in [-0.39, 0.29) is 24.4 Å². The summed E-state index contributed by atoms with van der Waals surface area (Å²) >= 11 is 0. The van der Waals surface area contributed by atoms with Crippen LogP contribution < -0.4 is 5.32 Å². The number of carbonyl (C=O) groups excluding carboxylic acids is 1.